The van der Waals surface area contributed by atoms with Crippen LogP contribution in [-0.4, -0.2) is 21.0 Å². The molecule has 0 unspecified atom stereocenters. The van der Waals surface area contributed by atoms with E-state index in [0.717, 1.165) is 0 Å². The molecule has 0 aromatic heterocycles. The highest BCUT2D eigenvalue weighted by Gasteiger charge is 2.03. The lowest BCUT2D eigenvalue weighted by Crippen LogP contribution is -2.13. The Morgan fingerprint density at radius 1 is 1.31 bits per heavy atom. The molecule has 0 bridgehead atoms. The first-order valence-electron chi connectivity index (χ1n) is 3.71. The highest BCUT2D eigenvalue weighted by molar-refractivity contribution is 6.22. The third kappa shape index (κ3) is 3.51. The summed E-state index contributed by atoms with van der Waals surface area (Å²) in [5, 5.41) is 0. The maximum absolute atomic E-state index is 10.5. The van der Waals surface area contributed by atoms with Crippen molar-refractivity contribution in [1.29, 1.82) is 0 Å². The molecule has 0 N–H and O–H groups in total. The summed E-state index contributed by atoms with van der Waals surface area (Å²) in [6.45, 7) is 0. The Kier molecular flexibility index (Phi) is 3.69. The summed E-state index contributed by atoms with van der Waals surface area (Å²) < 4.78 is 13.8. The summed E-state index contributed by atoms with van der Waals surface area (Å²) in [6.07, 6.45) is -0.754. The van der Waals surface area contributed by atoms with Crippen LogP contribution >= 0.6 is 0 Å². The minimum Gasteiger partial charge on any atom is -0.528 e. The molecule has 0 atom stereocenters. The van der Waals surface area contributed by atoms with Gasteiger partial charge in [0.15, 0.2) is 0 Å². The van der Waals surface area contributed by atoms with Gasteiger partial charge >= 0.3 is 13.8 Å². The summed E-state index contributed by atoms with van der Waals surface area (Å²) in [7, 11) is 1.10. The molecule has 0 heterocycles. The number of carbonyl (C=O) groups excluding carboxylic acids is 1. The molecular formula is C8H9BO4. The molecule has 5 heteroatoms. The van der Waals surface area contributed by atoms with Gasteiger partial charge in [0, 0.05) is 0 Å². The van der Waals surface area contributed by atoms with Gasteiger partial charge in [-0.3, -0.25) is 0 Å². The second-order valence-electron chi connectivity index (χ2n) is 2.17. The van der Waals surface area contributed by atoms with E-state index in [4.69, 9.17) is 4.65 Å². The lowest BCUT2D eigenvalue weighted by atomic mass is 10.3. The van der Waals surface area contributed by atoms with Gasteiger partial charge in [-0.1, -0.05) is 18.2 Å². The molecule has 0 saturated carbocycles. The zero-order valence-corrected chi connectivity index (χ0v) is 7.23. The van der Waals surface area contributed by atoms with Crippen LogP contribution in [0, 0.1) is 0 Å². The molecule has 4 nitrogen and oxygen atoms in total. The van der Waals surface area contributed by atoms with Gasteiger partial charge in [-0.2, -0.15) is 0 Å². The van der Waals surface area contributed by atoms with E-state index in [-0.39, 0.29) is 7.69 Å². The molecule has 1 aromatic rings. The van der Waals surface area contributed by atoms with Crippen molar-refractivity contribution < 1.29 is 18.8 Å². The first-order chi connectivity index (χ1) is 6.33. The molecule has 1 rings (SSSR count). The number of hydrogen-bond donors (Lipinski definition) is 0. The molecule has 0 aliphatic rings. The normalized spacial score (nSPS) is 8.69. The van der Waals surface area contributed by atoms with Crippen LogP contribution in [0.25, 0.3) is 0 Å². The fraction of sp³-hybridized carbons (Fsp3) is 0.125. The number of methoxy groups -OCH3 is 1. The maximum atomic E-state index is 10.5. The average molecular weight is 180 g/mol. The zero-order valence-electron chi connectivity index (χ0n) is 7.23. The van der Waals surface area contributed by atoms with Crippen LogP contribution in [0.5, 0.6) is 5.75 Å². The second kappa shape index (κ2) is 5.08. The molecule has 0 spiro atoms. The lowest BCUT2D eigenvalue weighted by molar-refractivity contribution is 0.118. The fourth-order valence-electron chi connectivity index (χ4n) is 0.721. The Morgan fingerprint density at radius 2 is 2.00 bits per heavy atom. The van der Waals surface area contributed by atoms with Crippen molar-refractivity contribution in [3.05, 3.63) is 30.3 Å². The summed E-state index contributed by atoms with van der Waals surface area (Å²) in [6, 6.07) is 9.05. The van der Waals surface area contributed by atoms with E-state index >= 15 is 0 Å². The predicted octanol–water partition coefficient (Wildman–Crippen LogP) is 1.11. The zero-order chi connectivity index (χ0) is 9.52. The van der Waals surface area contributed by atoms with E-state index in [2.05, 4.69) is 9.39 Å². The second-order valence-corrected chi connectivity index (χ2v) is 2.17. The molecule has 0 fully saturated rings. The minimum absolute atomic E-state index is 0.142. The summed E-state index contributed by atoms with van der Waals surface area (Å²) in [4.78, 5) is 10.5. The van der Waals surface area contributed by atoms with Crippen LogP contribution in [0.1, 0.15) is 0 Å². The first kappa shape index (κ1) is 9.44. The Balaban J connectivity index is 2.24. The van der Waals surface area contributed by atoms with Gasteiger partial charge in [0.2, 0.25) is 0 Å². The van der Waals surface area contributed by atoms with E-state index in [0.29, 0.717) is 5.75 Å². The number of carbonyl (C=O) groups is 1. The lowest BCUT2D eigenvalue weighted by Gasteiger charge is -2.03. The van der Waals surface area contributed by atoms with Crippen LogP contribution in [0.4, 0.5) is 4.79 Å². The molecule has 0 saturated heterocycles. The van der Waals surface area contributed by atoms with Crippen molar-refractivity contribution in [3.8, 4) is 5.75 Å². The topological polar surface area (TPSA) is 44.8 Å². The van der Waals surface area contributed by atoms with Crippen molar-refractivity contribution in [3.63, 3.8) is 0 Å². The molecule has 1 aromatic carbocycles. The summed E-state index contributed by atoms with van der Waals surface area (Å²) in [5.74, 6) is 0.645. The van der Waals surface area contributed by atoms with Crippen molar-refractivity contribution in [2.75, 3.05) is 7.11 Å². The van der Waals surface area contributed by atoms with Gasteiger partial charge in [-0.25, -0.2) is 4.79 Å². The van der Waals surface area contributed by atoms with Crippen LogP contribution < -0.4 is 4.65 Å². The molecule has 68 valence electrons. The Hall–Kier alpha value is -1.65. The average Bonchev–Trinajstić information content (AvgIpc) is 2.19. The van der Waals surface area contributed by atoms with Crippen LogP contribution in [0.15, 0.2) is 30.3 Å². The molecule has 0 radical (unpaired) electrons. The number of benzene rings is 1. The molecule has 0 aliphatic heterocycles. The largest absolute Gasteiger partial charge is 0.580 e. The molecule has 0 amide bonds. The van der Waals surface area contributed by atoms with E-state index in [1.165, 1.54) is 7.11 Å². The SMILES string of the molecule is COC(=O)OBOc1ccccc1. The summed E-state index contributed by atoms with van der Waals surface area (Å²) in [5.41, 5.74) is 0. The number of para-hydroxylation sites is 1. The third-order valence-electron chi connectivity index (χ3n) is 1.31. The molecular weight excluding hydrogens is 171 g/mol. The van der Waals surface area contributed by atoms with E-state index in [1.54, 1.807) is 12.1 Å². The van der Waals surface area contributed by atoms with E-state index < -0.39 is 6.16 Å². The van der Waals surface area contributed by atoms with Gasteiger partial charge in [0.1, 0.15) is 5.75 Å². The van der Waals surface area contributed by atoms with Gasteiger partial charge in [0.05, 0.1) is 7.11 Å². The molecule has 13 heavy (non-hydrogen) atoms. The van der Waals surface area contributed by atoms with Crippen molar-refractivity contribution in [2.24, 2.45) is 0 Å². The van der Waals surface area contributed by atoms with Crippen molar-refractivity contribution in [2.45, 2.75) is 0 Å². The van der Waals surface area contributed by atoms with E-state index in [9.17, 15) is 4.79 Å². The van der Waals surface area contributed by atoms with Gasteiger partial charge in [-0.05, 0) is 12.1 Å². The molecule has 0 aliphatic carbocycles. The summed E-state index contributed by atoms with van der Waals surface area (Å²) >= 11 is 0. The Labute approximate surface area is 76.7 Å². The third-order valence-corrected chi connectivity index (χ3v) is 1.31. The van der Waals surface area contributed by atoms with Crippen molar-refractivity contribution >= 4 is 13.8 Å². The quantitative estimate of drug-likeness (QED) is 0.516. The highest BCUT2D eigenvalue weighted by atomic mass is 16.7. The van der Waals surface area contributed by atoms with Gasteiger partial charge in [0.25, 0.3) is 0 Å². The van der Waals surface area contributed by atoms with E-state index in [1.807, 2.05) is 18.2 Å². The van der Waals surface area contributed by atoms with Crippen LogP contribution in [-0.2, 0) is 9.39 Å². The fourth-order valence-corrected chi connectivity index (χ4v) is 0.721. The van der Waals surface area contributed by atoms with Gasteiger partial charge < -0.3 is 14.0 Å². The first-order valence-corrected chi connectivity index (χ1v) is 3.71. The van der Waals surface area contributed by atoms with Gasteiger partial charge in [-0.15, -0.1) is 0 Å². The Bertz CT molecular complexity index is 262. The van der Waals surface area contributed by atoms with Crippen LogP contribution in [0.2, 0.25) is 0 Å². The highest BCUT2D eigenvalue weighted by Crippen LogP contribution is 2.07. The maximum Gasteiger partial charge on any atom is 0.580 e. The smallest absolute Gasteiger partial charge is 0.528 e. The van der Waals surface area contributed by atoms with Crippen molar-refractivity contribution in [1.82, 2.24) is 0 Å². The number of rotatable bonds is 3. The number of hydrogen-bond acceptors (Lipinski definition) is 4. The minimum atomic E-state index is -0.754. The van der Waals surface area contributed by atoms with Crippen LogP contribution in [0.3, 0.4) is 0 Å². The standard InChI is InChI=1S/C8H9BO4/c1-11-8(10)13-9-12-7-5-3-2-4-6-7/h2-6,9H,1H3. The predicted molar refractivity (Wildman–Crippen MR) is 47.7 cm³/mol. The monoisotopic (exact) mass is 180 g/mol. The number of ether oxygens (including phenoxy) is 1. The Morgan fingerprint density at radius 3 is 2.62 bits per heavy atom.